The summed E-state index contributed by atoms with van der Waals surface area (Å²) in [6, 6.07) is 11.9. The van der Waals surface area contributed by atoms with Gasteiger partial charge >= 0.3 is 5.97 Å². The molecule has 0 aliphatic heterocycles. The van der Waals surface area contributed by atoms with E-state index >= 15 is 0 Å². The maximum atomic E-state index is 12.6. The third-order valence-electron chi connectivity index (χ3n) is 4.20. The Hall–Kier alpha value is -3.81. The Morgan fingerprint density at radius 2 is 1.40 bits per heavy atom. The number of hydrogen-bond acceptors (Lipinski definition) is 8. The molecule has 0 fully saturated rings. The zero-order valence-corrected chi connectivity index (χ0v) is 17.5. The first-order valence-electron chi connectivity index (χ1n) is 9.15. The molecule has 0 saturated carbocycles. The molecule has 1 aromatic heterocycles. The highest BCUT2D eigenvalue weighted by Gasteiger charge is 2.18. The molecule has 0 radical (unpaired) electrons. The zero-order chi connectivity index (χ0) is 21.7. The van der Waals surface area contributed by atoms with Gasteiger partial charge in [0.15, 0.2) is 11.5 Å². The van der Waals surface area contributed by atoms with Crippen LogP contribution in [0.5, 0.6) is 23.0 Å². The normalized spacial score (nSPS) is 10.3. The minimum atomic E-state index is -0.549. The molecule has 0 saturated heterocycles. The van der Waals surface area contributed by atoms with Gasteiger partial charge in [0.1, 0.15) is 5.75 Å². The molecule has 0 unspecified atom stereocenters. The van der Waals surface area contributed by atoms with Crippen molar-refractivity contribution in [2.75, 3.05) is 26.6 Å². The molecule has 30 heavy (non-hydrogen) atoms. The van der Waals surface area contributed by atoms with E-state index in [-0.39, 0.29) is 5.56 Å². The first-order valence-corrected chi connectivity index (χ1v) is 9.15. The fourth-order valence-corrected chi connectivity index (χ4v) is 2.88. The fourth-order valence-electron chi connectivity index (χ4n) is 2.88. The third-order valence-corrected chi connectivity index (χ3v) is 4.20. The Labute approximate surface area is 174 Å². The van der Waals surface area contributed by atoms with Crippen LogP contribution in [0, 0.1) is 13.8 Å². The third kappa shape index (κ3) is 4.78. The summed E-state index contributed by atoms with van der Waals surface area (Å²) >= 11 is 0. The molecule has 156 valence electrons. The van der Waals surface area contributed by atoms with Crippen LogP contribution in [0.1, 0.15) is 21.7 Å². The average molecular weight is 409 g/mol. The lowest BCUT2D eigenvalue weighted by Gasteiger charge is -2.14. The van der Waals surface area contributed by atoms with Crippen LogP contribution in [-0.2, 0) is 0 Å². The van der Waals surface area contributed by atoms with E-state index in [0.717, 1.165) is 17.1 Å². The monoisotopic (exact) mass is 409 g/mol. The summed E-state index contributed by atoms with van der Waals surface area (Å²) in [4.78, 5) is 21.3. The Kier molecular flexibility index (Phi) is 6.36. The molecular weight excluding hydrogens is 386 g/mol. The molecule has 0 atom stereocenters. The van der Waals surface area contributed by atoms with Crippen molar-refractivity contribution in [2.24, 2.45) is 0 Å². The number of esters is 1. The summed E-state index contributed by atoms with van der Waals surface area (Å²) in [7, 11) is 4.46. The maximum Gasteiger partial charge on any atom is 0.343 e. The lowest BCUT2D eigenvalue weighted by atomic mass is 10.2. The number of anilines is 2. The van der Waals surface area contributed by atoms with Gasteiger partial charge in [-0.2, -0.15) is 0 Å². The predicted molar refractivity (Wildman–Crippen MR) is 112 cm³/mol. The Balaban J connectivity index is 1.74. The minimum Gasteiger partial charge on any atom is -0.493 e. The minimum absolute atomic E-state index is 0.273. The van der Waals surface area contributed by atoms with Gasteiger partial charge in [0, 0.05) is 17.1 Å². The summed E-state index contributed by atoms with van der Waals surface area (Å²) in [5, 5.41) is 3.13. The van der Waals surface area contributed by atoms with E-state index in [1.54, 1.807) is 24.3 Å². The number of carbonyl (C=O) groups is 1. The smallest absolute Gasteiger partial charge is 0.343 e. The number of nitrogens with one attached hydrogen (secondary N) is 1. The SMILES string of the molecule is COc1cc(C(=O)Oc2ccc(Nc3nc(C)cc(C)n3)cc2)cc(OC)c1OC. The van der Waals surface area contributed by atoms with Gasteiger partial charge in [0.2, 0.25) is 11.7 Å². The number of ether oxygens (including phenoxy) is 4. The van der Waals surface area contributed by atoms with E-state index in [0.29, 0.717) is 28.9 Å². The zero-order valence-electron chi connectivity index (χ0n) is 17.5. The van der Waals surface area contributed by atoms with Gasteiger partial charge in [-0.1, -0.05) is 0 Å². The van der Waals surface area contributed by atoms with E-state index in [9.17, 15) is 4.79 Å². The van der Waals surface area contributed by atoms with Crippen LogP contribution in [0.3, 0.4) is 0 Å². The van der Waals surface area contributed by atoms with Gasteiger partial charge in [-0.15, -0.1) is 0 Å². The number of aromatic nitrogens is 2. The average Bonchev–Trinajstić information content (AvgIpc) is 2.73. The van der Waals surface area contributed by atoms with Crippen LogP contribution in [-0.4, -0.2) is 37.3 Å². The molecule has 0 aliphatic rings. The second kappa shape index (κ2) is 9.13. The highest BCUT2D eigenvalue weighted by molar-refractivity contribution is 5.92. The number of benzene rings is 2. The van der Waals surface area contributed by atoms with Crippen LogP contribution < -0.4 is 24.3 Å². The van der Waals surface area contributed by atoms with Crippen LogP contribution >= 0.6 is 0 Å². The van der Waals surface area contributed by atoms with Crippen LogP contribution in [0.4, 0.5) is 11.6 Å². The molecule has 1 heterocycles. The molecule has 1 N–H and O–H groups in total. The number of rotatable bonds is 7. The first kappa shape index (κ1) is 20.9. The van der Waals surface area contributed by atoms with Crippen LogP contribution in [0.25, 0.3) is 0 Å². The number of carbonyl (C=O) groups excluding carboxylic acids is 1. The summed E-state index contributed by atoms with van der Waals surface area (Å²) in [5.74, 6) is 1.50. The topological polar surface area (TPSA) is 91.8 Å². The van der Waals surface area contributed by atoms with Gasteiger partial charge in [0.25, 0.3) is 0 Å². The largest absolute Gasteiger partial charge is 0.493 e. The molecule has 2 aromatic carbocycles. The van der Waals surface area contributed by atoms with Crippen molar-refractivity contribution in [3.8, 4) is 23.0 Å². The Morgan fingerprint density at radius 1 is 0.833 bits per heavy atom. The van der Waals surface area contributed by atoms with Crippen molar-refractivity contribution in [3.63, 3.8) is 0 Å². The molecule has 8 heteroatoms. The first-order chi connectivity index (χ1) is 14.4. The van der Waals surface area contributed by atoms with E-state index in [2.05, 4.69) is 15.3 Å². The van der Waals surface area contributed by atoms with Crippen molar-refractivity contribution in [1.82, 2.24) is 9.97 Å². The molecule has 0 bridgehead atoms. The lowest BCUT2D eigenvalue weighted by molar-refractivity contribution is 0.0734. The number of aryl methyl sites for hydroxylation is 2. The van der Waals surface area contributed by atoms with E-state index < -0.39 is 5.97 Å². The molecule has 0 aliphatic carbocycles. The fraction of sp³-hybridized carbons (Fsp3) is 0.227. The Morgan fingerprint density at radius 3 is 1.90 bits per heavy atom. The lowest BCUT2D eigenvalue weighted by Crippen LogP contribution is -2.09. The highest BCUT2D eigenvalue weighted by atomic mass is 16.5. The van der Waals surface area contributed by atoms with Crippen molar-refractivity contribution >= 4 is 17.6 Å². The second-order valence-corrected chi connectivity index (χ2v) is 6.43. The summed E-state index contributed by atoms with van der Waals surface area (Å²) < 4.78 is 21.3. The van der Waals surface area contributed by atoms with Gasteiger partial charge in [-0.05, 0) is 56.3 Å². The molecule has 8 nitrogen and oxygen atoms in total. The van der Waals surface area contributed by atoms with Crippen molar-refractivity contribution in [1.29, 1.82) is 0 Å². The van der Waals surface area contributed by atoms with Crippen LogP contribution in [0.2, 0.25) is 0 Å². The quantitative estimate of drug-likeness (QED) is 0.461. The number of methoxy groups -OCH3 is 3. The van der Waals surface area contributed by atoms with Crippen molar-refractivity contribution in [3.05, 3.63) is 59.4 Å². The maximum absolute atomic E-state index is 12.6. The van der Waals surface area contributed by atoms with E-state index in [4.69, 9.17) is 18.9 Å². The molecule has 3 aromatic rings. The van der Waals surface area contributed by atoms with Gasteiger partial charge in [-0.25, -0.2) is 14.8 Å². The van der Waals surface area contributed by atoms with Gasteiger partial charge in [-0.3, -0.25) is 0 Å². The predicted octanol–water partition coefficient (Wildman–Crippen LogP) is 4.08. The van der Waals surface area contributed by atoms with Crippen molar-refractivity contribution < 1.29 is 23.7 Å². The van der Waals surface area contributed by atoms with Crippen LogP contribution in [0.15, 0.2) is 42.5 Å². The number of hydrogen-bond donors (Lipinski definition) is 1. The highest BCUT2D eigenvalue weighted by Crippen LogP contribution is 2.38. The van der Waals surface area contributed by atoms with Gasteiger partial charge < -0.3 is 24.3 Å². The molecule has 3 rings (SSSR count). The molecule has 0 spiro atoms. The molecular formula is C22H23N3O5. The van der Waals surface area contributed by atoms with E-state index in [1.165, 1.54) is 33.5 Å². The van der Waals surface area contributed by atoms with Gasteiger partial charge in [0.05, 0.1) is 26.9 Å². The van der Waals surface area contributed by atoms with Crippen molar-refractivity contribution in [2.45, 2.75) is 13.8 Å². The summed E-state index contributed by atoms with van der Waals surface area (Å²) in [6.07, 6.45) is 0. The standard InChI is InChI=1S/C22H23N3O5/c1-13-10-14(2)24-22(23-13)25-16-6-8-17(9-7-16)30-21(26)15-11-18(27-3)20(29-5)19(12-15)28-4/h6-12H,1-5H3,(H,23,24,25). The van der Waals surface area contributed by atoms with E-state index in [1.807, 2.05) is 19.9 Å². The molecule has 0 amide bonds. The summed E-state index contributed by atoms with van der Waals surface area (Å²) in [5.41, 5.74) is 2.80. The Bertz CT molecular complexity index is 1010. The second-order valence-electron chi connectivity index (χ2n) is 6.43. The summed E-state index contributed by atoms with van der Waals surface area (Å²) in [6.45, 7) is 3.82. The number of nitrogens with zero attached hydrogens (tertiary/aromatic N) is 2.